The van der Waals surface area contributed by atoms with Crippen LogP contribution in [0.5, 0.6) is 0 Å². The van der Waals surface area contributed by atoms with E-state index < -0.39 is 0 Å². The third-order valence-corrected chi connectivity index (χ3v) is 1.76. The Hall–Kier alpha value is -0.610. The predicted molar refractivity (Wildman–Crippen MR) is 50.4 cm³/mol. The highest BCUT2D eigenvalue weighted by atomic mass is 16.5. The zero-order valence-corrected chi connectivity index (χ0v) is 8.78. The number of likely N-dealkylation sites (N-methyl/N-ethyl adjacent to an activating group) is 1. The lowest BCUT2D eigenvalue weighted by Gasteiger charge is -2.22. The Balaban J connectivity index is 3.77. The Morgan fingerprint density at radius 3 is 2.38 bits per heavy atom. The van der Waals surface area contributed by atoms with E-state index in [2.05, 4.69) is 0 Å². The highest BCUT2D eigenvalue weighted by Gasteiger charge is 2.13. The van der Waals surface area contributed by atoms with Crippen molar-refractivity contribution in [3.05, 3.63) is 0 Å². The van der Waals surface area contributed by atoms with E-state index in [-0.39, 0.29) is 31.3 Å². The fourth-order valence-corrected chi connectivity index (χ4v) is 0.799. The average Bonchev–Trinajstić information content (AvgIpc) is 2.01. The number of esters is 1. The zero-order chi connectivity index (χ0) is 10.4. The maximum absolute atomic E-state index is 11.1. The monoisotopic (exact) mass is 189 g/mol. The first-order valence-corrected chi connectivity index (χ1v) is 4.48. The van der Waals surface area contributed by atoms with Crippen molar-refractivity contribution >= 4 is 5.97 Å². The Kier molecular flexibility index (Phi) is 5.66. The molecule has 1 N–H and O–H groups in total. The molecule has 0 aromatic heterocycles. The number of carbonyl (C=O) groups excluding carboxylic acids is 1. The number of nitrogens with zero attached hydrogens (tertiary/aromatic N) is 1. The molecule has 0 spiro atoms. The van der Waals surface area contributed by atoms with Crippen LogP contribution in [0.1, 0.15) is 20.8 Å². The highest BCUT2D eigenvalue weighted by molar-refractivity contribution is 5.71. The summed E-state index contributed by atoms with van der Waals surface area (Å²) in [5.41, 5.74) is 0. The van der Waals surface area contributed by atoms with Crippen molar-refractivity contribution in [3.8, 4) is 0 Å². The second-order valence-electron chi connectivity index (χ2n) is 3.49. The topological polar surface area (TPSA) is 49.8 Å². The van der Waals surface area contributed by atoms with Crippen molar-refractivity contribution in [2.45, 2.75) is 32.9 Å². The standard InChI is InChI=1S/C9H19NO3/c1-7(2)13-9(12)5-10(4)8(3)6-11/h7-8,11H,5-6H2,1-4H3. The molecule has 1 unspecified atom stereocenters. The van der Waals surface area contributed by atoms with Gasteiger partial charge in [0.25, 0.3) is 0 Å². The molecule has 0 amide bonds. The van der Waals surface area contributed by atoms with Crippen molar-refractivity contribution < 1.29 is 14.6 Å². The number of aliphatic hydroxyl groups is 1. The van der Waals surface area contributed by atoms with Gasteiger partial charge in [-0.25, -0.2) is 0 Å². The SMILES string of the molecule is CC(C)OC(=O)CN(C)C(C)CO. The van der Waals surface area contributed by atoms with E-state index in [0.717, 1.165) is 0 Å². The molecular weight excluding hydrogens is 170 g/mol. The third-order valence-electron chi connectivity index (χ3n) is 1.76. The smallest absolute Gasteiger partial charge is 0.320 e. The molecule has 0 rings (SSSR count). The number of aliphatic hydroxyl groups excluding tert-OH is 1. The van der Waals surface area contributed by atoms with Crippen LogP contribution < -0.4 is 0 Å². The van der Waals surface area contributed by atoms with E-state index in [1.165, 1.54) is 0 Å². The number of rotatable bonds is 5. The first kappa shape index (κ1) is 12.4. The lowest BCUT2D eigenvalue weighted by atomic mass is 10.3. The quantitative estimate of drug-likeness (QED) is 0.630. The van der Waals surface area contributed by atoms with Crippen LogP contribution in [0.2, 0.25) is 0 Å². The molecule has 0 aliphatic heterocycles. The summed E-state index contributed by atoms with van der Waals surface area (Å²) < 4.78 is 4.95. The van der Waals surface area contributed by atoms with Gasteiger partial charge in [-0.1, -0.05) is 0 Å². The van der Waals surface area contributed by atoms with Gasteiger partial charge in [-0.05, 0) is 27.8 Å². The molecule has 13 heavy (non-hydrogen) atoms. The van der Waals surface area contributed by atoms with Crippen LogP contribution in [0.3, 0.4) is 0 Å². The minimum Gasteiger partial charge on any atom is -0.462 e. The van der Waals surface area contributed by atoms with Gasteiger partial charge >= 0.3 is 5.97 Å². The van der Waals surface area contributed by atoms with Gasteiger partial charge in [0, 0.05) is 6.04 Å². The number of ether oxygens (including phenoxy) is 1. The third kappa shape index (κ3) is 5.60. The molecule has 0 aliphatic carbocycles. The van der Waals surface area contributed by atoms with E-state index in [1.54, 1.807) is 11.9 Å². The maximum Gasteiger partial charge on any atom is 0.320 e. The molecule has 0 bridgehead atoms. The van der Waals surface area contributed by atoms with Crippen LogP contribution in [-0.2, 0) is 9.53 Å². The van der Waals surface area contributed by atoms with Crippen molar-refractivity contribution in [2.75, 3.05) is 20.2 Å². The number of carbonyl (C=O) groups is 1. The van der Waals surface area contributed by atoms with Gasteiger partial charge in [0.1, 0.15) is 0 Å². The highest BCUT2D eigenvalue weighted by Crippen LogP contribution is 1.96. The lowest BCUT2D eigenvalue weighted by molar-refractivity contribution is -0.148. The molecule has 0 fully saturated rings. The molecule has 0 aliphatic rings. The second-order valence-corrected chi connectivity index (χ2v) is 3.49. The summed E-state index contributed by atoms with van der Waals surface area (Å²) in [5, 5.41) is 8.81. The molecule has 0 aromatic rings. The summed E-state index contributed by atoms with van der Waals surface area (Å²) in [4.78, 5) is 12.9. The average molecular weight is 189 g/mol. The van der Waals surface area contributed by atoms with Crippen LogP contribution >= 0.6 is 0 Å². The minimum atomic E-state index is -0.252. The summed E-state index contributed by atoms with van der Waals surface area (Å²) in [6, 6.07) is -0.0142. The number of hydrogen-bond donors (Lipinski definition) is 1. The van der Waals surface area contributed by atoms with Gasteiger partial charge in [0.05, 0.1) is 19.3 Å². The second kappa shape index (κ2) is 5.94. The van der Waals surface area contributed by atoms with E-state index >= 15 is 0 Å². The summed E-state index contributed by atoms with van der Waals surface area (Å²) >= 11 is 0. The van der Waals surface area contributed by atoms with Crippen molar-refractivity contribution in [1.29, 1.82) is 0 Å². The molecule has 0 aromatic carbocycles. The van der Waals surface area contributed by atoms with Gasteiger partial charge in [-0.15, -0.1) is 0 Å². The Labute approximate surface area is 79.5 Å². The normalized spacial score (nSPS) is 13.5. The summed E-state index contributed by atoms with van der Waals surface area (Å²) in [6.07, 6.45) is -0.0784. The Bertz CT molecular complexity index is 159. The van der Waals surface area contributed by atoms with Crippen LogP contribution in [0.4, 0.5) is 0 Å². The Morgan fingerprint density at radius 2 is 2.00 bits per heavy atom. The molecule has 0 heterocycles. The summed E-state index contributed by atoms with van der Waals surface area (Å²) in [7, 11) is 1.78. The van der Waals surface area contributed by atoms with Crippen molar-refractivity contribution in [3.63, 3.8) is 0 Å². The summed E-state index contributed by atoms with van der Waals surface area (Å²) in [5.74, 6) is -0.252. The molecule has 1 atom stereocenters. The van der Waals surface area contributed by atoms with Gasteiger partial charge < -0.3 is 9.84 Å². The van der Waals surface area contributed by atoms with E-state index in [1.807, 2.05) is 20.8 Å². The van der Waals surface area contributed by atoms with Crippen LogP contribution in [0.25, 0.3) is 0 Å². The molecule has 0 radical (unpaired) electrons. The van der Waals surface area contributed by atoms with Crippen molar-refractivity contribution in [2.24, 2.45) is 0 Å². The Morgan fingerprint density at radius 1 is 1.46 bits per heavy atom. The van der Waals surface area contributed by atoms with Crippen LogP contribution in [-0.4, -0.2) is 48.3 Å². The maximum atomic E-state index is 11.1. The van der Waals surface area contributed by atoms with Crippen molar-refractivity contribution in [1.82, 2.24) is 4.90 Å². The minimum absolute atomic E-state index is 0.0142. The lowest BCUT2D eigenvalue weighted by Crippen LogP contribution is -2.37. The van der Waals surface area contributed by atoms with Crippen LogP contribution in [0, 0.1) is 0 Å². The van der Waals surface area contributed by atoms with E-state index in [4.69, 9.17) is 9.84 Å². The fraction of sp³-hybridized carbons (Fsp3) is 0.889. The molecule has 4 nitrogen and oxygen atoms in total. The fourth-order valence-electron chi connectivity index (χ4n) is 0.799. The molecule has 4 heteroatoms. The molecule has 0 saturated heterocycles. The number of hydrogen-bond acceptors (Lipinski definition) is 4. The molecule has 0 saturated carbocycles. The zero-order valence-electron chi connectivity index (χ0n) is 8.78. The predicted octanol–water partition coefficient (Wildman–Crippen LogP) is 0.251. The van der Waals surface area contributed by atoms with Crippen LogP contribution in [0.15, 0.2) is 0 Å². The summed E-state index contributed by atoms with van der Waals surface area (Å²) in [6.45, 7) is 5.74. The van der Waals surface area contributed by atoms with Gasteiger partial charge in [0.15, 0.2) is 0 Å². The van der Waals surface area contributed by atoms with Gasteiger partial charge in [0.2, 0.25) is 0 Å². The van der Waals surface area contributed by atoms with Gasteiger partial charge in [-0.2, -0.15) is 0 Å². The van der Waals surface area contributed by atoms with E-state index in [0.29, 0.717) is 0 Å². The van der Waals surface area contributed by atoms with Gasteiger partial charge in [-0.3, -0.25) is 9.69 Å². The van der Waals surface area contributed by atoms with E-state index in [9.17, 15) is 4.79 Å². The largest absolute Gasteiger partial charge is 0.462 e. The first-order valence-electron chi connectivity index (χ1n) is 4.48. The first-order chi connectivity index (χ1) is 5.97. The molecular formula is C9H19NO3. The molecule has 78 valence electrons.